The van der Waals surface area contributed by atoms with E-state index in [2.05, 4.69) is 5.32 Å². The standard InChI is InChI=1S/C15H28N2O4/c1-15(2,3)12(10-13(19)20)16-14(21)17-8-5-4-6-11(17)7-9-18/h11-12,18H,4-10H2,1-3H3,(H,16,21)(H,19,20). The number of carbonyl (C=O) groups excluding carboxylic acids is 1. The van der Waals surface area contributed by atoms with Gasteiger partial charge in [0.05, 0.1) is 6.42 Å². The maximum Gasteiger partial charge on any atom is 0.317 e. The third-order valence-corrected chi connectivity index (χ3v) is 4.07. The SMILES string of the molecule is CC(C)(C)C(CC(=O)O)NC(=O)N1CCCCC1CCO. The van der Waals surface area contributed by atoms with Crippen LogP contribution in [0.15, 0.2) is 0 Å². The Hall–Kier alpha value is -1.30. The monoisotopic (exact) mass is 300 g/mol. The highest BCUT2D eigenvalue weighted by atomic mass is 16.4. The van der Waals surface area contributed by atoms with Crippen LogP contribution in [0.25, 0.3) is 0 Å². The summed E-state index contributed by atoms with van der Waals surface area (Å²) >= 11 is 0. The fraction of sp³-hybridized carbons (Fsp3) is 0.867. The summed E-state index contributed by atoms with van der Waals surface area (Å²) in [5.74, 6) is -0.916. The summed E-state index contributed by atoms with van der Waals surface area (Å²) < 4.78 is 0. The third kappa shape index (κ3) is 5.53. The fourth-order valence-corrected chi connectivity index (χ4v) is 2.70. The zero-order chi connectivity index (χ0) is 16.0. The molecule has 0 aromatic rings. The van der Waals surface area contributed by atoms with E-state index in [1.165, 1.54) is 0 Å². The number of aliphatic hydroxyl groups excluding tert-OH is 1. The van der Waals surface area contributed by atoms with Gasteiger partial charge >= 0.3 is 12.0 Å². The lowest BCUT2D eigenvalue weighted by Gasteiger charge is -2.38. The summed E-state index contributed by atoms with van der Waals surface area (Å²) in [4.78, 5) is 25.2. The molecule has 2 atom stereocenters. The average molecular weight is 300 g/mol. The van der Waals surface area contributed by atoms with Crippen molar-refractivity contribution in [2.24, 2.45) is 5.41 Å². The second-order valence-corrected chi connectivity index (χ2v) is 6.82. The second kappa shape index (κ2) is 7.64. The van der Waals surface area contributed by atoms with Gasteiger partial charge in [-0.3, -0.25) is 4.79 Å². The Morgan fingerprint density at radius 1 is 1.33 bits per heavy atom. The van der Waals surface area contributed by atoms with E-state index in [-0.39, 0.29) is 30.5 Å². The van der Waals surface area contributed by atoms with Gasteiger partial charge in [0.1, 0.15) is 0 Å². The van der Waals surface area contributed by atoms with Crippen molar-refractivity contribution >= 4 is 12.0 Å². The zero-order valence-corrected chi connectivity index (χ0v) is 13.3. The van der Waals surface area contributed by atoms with Crippen LogP contribution >= 0.6 is 0 Å². The molecule has 0 radical (unpaired) electrons. The van der Waals surface area contributed by atoms with Crippen LogP contribution in [0.4, 0.5) is 4.79 Å². The Bertz CT molecular complexity index is 363. The van der Waals surface area contributed by atoms with Gasteiger partial charge in [0.2, 0.25) is 0 Å². The van der Waals surface area contributed by atoms with Crippen LogP contribution in [-0.2, 0) is 4.79 Å². The summed E-state index contributed by atoms with van der Waals surface area (Å²) in [6.07, 6.45) is 3.40. The van der Waals surface area contributed by atoms with Crippen LogP contribution in [0.5, 0.6) is 0 Å². The summed E-state index contributed by atoms with van der Waals surface area (Å²) in [5, 5.41) is 21.0. The number of likely N-dealkylation sites (tertiary alicyclic amines) is 1. The third-order valence-electron chi connectivity index (χ3n) is 4.07. The molecule has 1 saturated heterocycles. The van der Waals surface area contributed by atoms with Crippen LogP contribution in [0.1, 0.15) is 52.9 Å². The van der Waals surface area contributed by atoms with Gasteiger partial charge in [0.15, 0.2) is 0 Å². The summed E-state index contributed by atoms with van der Waals surface area (Å²) in [6.45, 7) is 6.49. The van der Waals surface area contributed by atoms with Crippen molar-refractivity contribution in [3.63, 3.8) is 0 Å². The van der Waals surface area contributed by atoms with Crippen molar-refractivity contribution in [3.8, 4) is 0 Å². The summed E-state index contributed by atoms with van der Waals surface area (Å²) in [6, 6.07) is -0.581. The molecule has 1 aliphatic heterocycles. The van der Waals surface area contributed by atoms with E-state index in [9.17, 15) is 9.59 Å². The van der Waals surface area contributed by atoms with Crippen molar-refractivity contribution in [2.45, 2.75) is 65.0 Å². The summed E-state index contributed by atoms with van der Waals surface area (Å²) in [7, 11) is 0. The number of hydrogen-bond donors (Lipinski definition) is 3. The van der Waals surface area contributed by atoms with E-state index >= 15 is 0 Å². The second-order valence-electron chi connectivity index (χ2n) is 6.82. The van der Waals surface area contributed by atoms with Crippen LogP contribution in [0.3, 0.4) is 0 Å². The van der Waals surface area contributed by atoms with Crippen molar-refractivity contribution in [1.29, 1.82) is 0 Å². The minimum atomic E-state index is -0.916. The number of carbonyl (C=O) groups is 2. The molecule has 0 spiro atoms. The molecule has 6 nitrogen and oxygen atoms in total. The van der Waals surface area contributed by atoms with Gasteiger partial charge in [-0.25, -0.2) is 4.79 Å². The van der Waals surface area contributed by atoms with Gasteiger partial charge in [0.25, 0.3) is 0 Å². The average Bonchev–Trinajstić information content (AvgIpc) is 2.37. The fourth-order valence-electron chi connectivity index (χ4n) is 2.70. The first-order chi connectivity index (χ1) is 9.75. The van der Waals surface area contributed by atoms with Gasteiger partial charge in [-0.15, -0.1) is 0 Å². The molecule has 1 heterocycles. The quantitative estimate of drug-likeness (QED) is 0.722. The number of aliphatic carboxylic acids is 1. The van der Waals surface area contributed by atoms with Gasteiger partial charge in [0, 0.05) is 25.2 Å². The lowest BCUT2D eigenvalue weighted by molar-refractivity contribution is -0.138. The van der Waals surface area contributed by atoms with E-state index in [4.69, 9.17) is 10.2 Å². The molecule has 6 heteroatoms. The first-order valence-electron chi connectivity index (χ1n) is 7.65. The topological polar surface area (TPSA) is 89.9 Å². The van der Waals surface area contributed by atoms with Crippen LogP contribution in [0.2, 0.25) is 0 Å². The highest BCUT2D eigenvalue weighted by molar-refractivity contribution is 5.76. The molecule has 1 aliphatic rings. The molecule has 122 valence electrons. The number of amides is 2. The Labute approximate surface area is 126 Å². The largest absolute Gasteiger partial charge is 0.481 e. The number of rotatable bonds is 5. The lowest BCUT2D eigenvalue weighted by atomic mass is 9.85. The number of urea groups is 1. The molecule has 2 amide bonds. The van der Waals surface area contributed by atoms with Crippen molar-refractivity contribution in [1.82, 2.24) is 10.2 Å². The van der Waals surface area contributed by atoms with Gasteiger partial charge in [-0.05, 0) is 31.1 Å². The zero-order valence-electron chi connectivity index (χ0n) is 13.3. The number of carboxylic acids is 1. The number of piperidine rings is 1. The van der Waals surface area contributed by atoms with E-state index in [1.54, 1.807) is 4.90 Å². The smallest absolute Gasteiger partial charge is 0.317 e. The molecule has 0 aliphatic carbocycles. The predicted octanol–water partition coefficient (Wildman–Crippen LogP) is 1.82. The molecular formula is C15H28N2O4. The van der Waals surface area contributed by atoms with Crippen molar-refractivity contribution in [2.75, 3.05) is 13.2 Å². The van der Waals surface area contributed by atoms with E-state index in [0.717, 1.165) is 19.3 Å². The molecule has 0 saturated carbocycles. The molecule has 1 fully saturated rings. The normalized spacial score (nSPS) is 21.0. The predicted molar refractivity (Wildman–Crippen MR) is 80.1 cm³/mol. The lowest BCUT2D eigenvalue weighted by Crippen LogP contribution is -2.54. The molecule has 2 unspecified atom stereocenters. The number of nitrogens with zero attached hydrogens (tertiary/aromatic N) is 1. The van der Waals surface area contributed by atoms with Crippen LogP contribution in [0, 0.1) is 5.41 Å². The van der Waals surface area contributed by atoms with Gasteiger partial charge < -0.3 is 20.4 Å². The Morgan fingerprint density at radius 3 is 2.52 bits per heavy atom. The molecule has 1 rings (SSSR count). The van der Waals surface area contributed by atoms with E-state index in [0.29, 0.717) is 13.0 Å². The van der Waals surface area contributed by atoms with Crippen molar-refractivity contribution < 1.29 is 19.8 Å². The molecule has 21 heavy (non-hydrogen) atoms. The minimum Gasteiger partial charge on any atom is -0.481 e. The molecule has 0 aromatic carbocycles. The van der Waals surface area contributed by atoms with Crippen LogP contribution < -0.4 is 5.32 Å². The van der Waals surface area contributed by atoms with E-state index in [1.807, 2.05) is 20.8 Å². The molecular weight excluding hydrogens is 272 g/mol. The maximum atomic E-state index is 12.5. The number of nitrogens with one attached hydrogen (secondary N) is 1. The number of carboxylic acid groups (broad SMARTS) is 1. The molecule has 0 bridgehead atoms. The minimum absolute atomic E-state index is 0.0502. The molecule has 0 aromatic heterocycles. The summed E-state index contributed by atoms with van der Waals surface area (Å²) in [5.41, 5.74) is -0.323. The Kier molecular flexibility index (Phi) is 6.45. The maximum absolute atomic E-state index is 12.5. The van der Waals surface area contributed by atoms with Crippen molar-refractivity contribution in [3.05, 3.63) is 0 Å². The highest BCUT2D eigenvalue weighted by Gasteiger charge is 2.32. The first-order valence-corrected chi connectivity index (χ1v) is 7.65. The highest BCUT2D eigenvalue weighted by Crippen LogP contribution is 2.24. The Morgan fingerprint density at radius 2 is 2.00 bits per heavy atom. The molecule has 3 N–H and O–H groups in total. The van der Waals surface area contributed by atoms with Gasteiger partial charge in [-0.1, -0.05) is 20.8 Å². The van der Waals surface area contributed by atoms with Gasteiger partial charge in [-0.2, -0.15) is 0 Å². The van der Waals surface area contributed by atoms with Crippen LogP contribution in [-0.4, -0.2) is 52.3 Å². The number of aliphatic hydroxyl groups is 1. The first kappa shape index (κ1) is 17.8. The van der Waals surface area contributed by atoms with E-state index < -0.39 is 12.0 Å². The number of hydrogen-bond acceptors (Lipinski definition) is 3. The Balaban J connectivity index is 2.72.